The Balaban J connectivity index is 1.77. The molecule has 1 unspecified atom stereocenters. The molecule has 144 valence electrons. The van der Waals surface area contributed by atoms with Crippen LogP contribution in [0.5, 0.6) is 0 Å². The number of nitrogens with zero attached hydrogens (tertiary/aromatic N) is 4. The van der Waals surface area contributed by atoms with Crippen molar-refractivity contribution in [3.05, 3.63) is 69.5 Å². The van der Waals surface area contributed by atoms with E-state index < -0.39 is 0 Å². The summed E-state index contributed by atoms with van der Waals surface area (Å²) >= 11 is 0. The van der Waals surface area contributed by atoms with Crippen molar-refractivity contribution < 1.29 is 0 Å². The maximum atomic E-state index is 12.8. The van der Waals surface area contributed by atoms with Gasteiger partial charge < -0.3 is 9.55 Å². The molecule has 0 fully saturated rings. The predicted octanol–water partition coefficient (Wildman–Crippen LogP) is 4.08. The number of H-pyrrole nitrogens is 1. The first-order chi connectivity index (χ1) is 13.3. The number of benzene rings is 1. The molecular weight excluding hydrogens is 350 g/mol. The lowest BCUT2D eigenvalue weighted by Gasteiger charge is -2.17. The van der Waals surface area contributed by atoms with E-state index in [4.69, 9.17) is 0 Å². The lowest BCUT2D eigenvalue weighted by atomic mass is 10.0. The van der Waals surface area contributed by atoms with Gasteiger partial charge in [-0.1, -0.05) is 11.6 Å². The van der Waals surface area contributed by atoms with Gasteiger partial charge in [0.05, 0.1) is 29.4 Å². The Labute approximate surface area is 163 Å². The molecule has 0 saturated heterocycles. The molecule has 0 saturated carbocycles. The van der Waals surface area contributed by atoms with Gasteiger partial charge in [-0.05, 0) is 63.8 Å². The van der Waals surface area contributed by atoms with Gasteiger partial charge in [-0.25, -0.2) is 4.98 Å². The van der Waals surface area contributed by atoms with Gasteiger partial charge in [0.1, 0.15) is 5.82 Å². The zero-order valence-corrected chi connectivity index (χ0v) is 16.9. The van der Waals surface area contributed by atoms with Gasteiger partial charge >= 0.3 is 0 Å². The van der Waals surface area contributed by atoms with Crippen molar-refractivity contribution in [2.24, 2.45) is 0 Å². The predicted molar refractivity (Wildman–Crippen MR) is 112 cm³/mol. The summed E-state index contributed by atoms with van der Waals surface area (Å²) in [4.78, 5) is 20.4. The van der Waals surface area contributed by atoms with Crippen LogP contribution < -0.4 is 5.56 Å². The zero-order chi connectivity index (χ0) is 20.0. The van der Waals surface area contributed by atoms with E-state index in [9.17, 15) is 4.79 Å². The summed E-state index contributed by atoms with van der Waals surface area (Å²) in [5.41, 5.74) is 5.72. The minimum atomic E-state index is -0.120. The molecular formula is C22H25N5O. The lowest BCUT2D eigenvalue weighted by molar-refractivity contribution is 0.433. The first-order valence-electron chi connectivity index (χ1n) is 9.52. The molecule has 28 heavy (non-hydrogen) atoms. The highest BCUT2D eigenvalue weighted by atomic mass is 16.1. The minimum Gasteiger partial charge on any atom is -0.326 e. The Morgan fingerprint density at radius 1 is 1.11 bits per heavy atom. The average Bonchev–Trinajstić information content (AvgIpc) is 3.22. The van der Waals surface area contributed by atoms with Crippen molar-refractivity contribution in [2.45, 2.75) is 47.2 Å². The van der Waals surface area contributed by atoms with Gasteiger partial charge in [0.25, 0.3) is 5.56 Å². The third-order valence-corrected chi connectivity index (χ3v) is 5.22. The third kappa shape index (κ3) is 3.15. The van der Waals surface area contributed by atoms with Crippen molar-refractivity contribution in [1.29, 1.82) is 0 Å². The fraction of sp³-hybridized carbons (Fsp3) is 0.318. The van der Waals surface area contributed by atoms with Gasteiger partial charge in [0.15, 0.2) is 0 Å². The first-order valence-corrected chi connectivity index (χ1v) is 9.52. The molecule has 1 aromatic carbocycles. The number of imidazole rings is 1. The highest BCUT2D eigenvalue weighted by Gasteiger charge is 2.17. The first kappa shape index (κ1) is 18.2. The van der Waals surface area contributed by atoms with Crippen LogP contribution >= 0.6 is 0 Å². The Morgan fingerprint density at radius 3 is 2.61 bits per heavy atom. The summed E-state index contributed by atoms with van der Waals surface area (Å²) in [5.74, 6) is 0.677. The number of aryl methyl sites for hydroxylation is 4. The van der Waals surface area contributed by atoms with Crippen molar-refractivity contribution in [1.82, 2.24) is 24.3 Å². The fourth-order valence-electron chi connectivity index (χ4n) is 3.93. The molecule has 1 atom stereocenters. The van der Waals surface area contributed by atoms with E-state index in [1.54, 1.807) is 6.20 Å². The van der Waals surface area contributed by atoms with Gasteiger partial charge in [-0.2, -0.15) is 5.10 Å². The zero-order valence-electron chi connectivity index (χ0n) is 16.9. The minimum absolute atomic E-state index is 0.102. The van der Waals surface area contributed by atoms with E-state index in [2.05, 4.69) is 58.6 Å². The van der Waals surface area contributed by atoms with Crippen LogP contribution in [0.4, 0.5) is 0 Å². The number of aromatic amines is 1. The number of nitrogens with one attached hydrogen (secondary N) is 1. The van der Waals surface area contributed by atoms with Crippen molar-refractivity contribution in [3.63, 3.8) is 0 Å². The van der Waals surface area contributed by atoms with E-state index >= 15 is 0 Å². The van der Waals surface area contributed by atoms with Crippen LogP contribution in [0.3, 0.4) is 0 Å². The summed E-state index contributed by atoms with van der Waals surface area (Å²) in [7, 11) is 0. The van der Waals surface area contributed by atoms with Crippen LogP contribution in [0.1, 0.15) is 35.5 Å². The standard InChI is InChI=1S/C22H25N5O/c1-13-8-14(2)20-18(9-13)11-19(22(28)24-20)21-23-6-7-26(21)17(5)12-27-16(4)10-15(3)25-27/h6-11,17H,12H2,1-5H3,(H,24,28). The number of aromatic nitrogens is 5. The van der Waals surface area contributed by atoms with Gasteiger partial charge in [-0.3, -0.25) is 9.48 Å². The fourth-order valence-corrected chi connectivity index (χ4v) is 3.93. The lowest BCUT2D eigenvalue weighted by Crippen LogP contribution is -2.18. The molecule has 6 nitrogen and oxygen atoms in total. The van der Waals surface area contributed by atoms with E-state index in [-0.39, 0.29) is 11.6 Å². The molecule has 0 amide bonds. The molecule has 3 aromatic heterocycles. The molecule has 0 aliphatic heterocycles. The molecule has 4 rings (SSSR count). The topological polar surface area (TPSA) is 68.5 Å². The summed E-state index contributed by atoms with van der Waals surface area (Å²) in [6.07, 6.45) is 3.68. The second-order valence-electron chi connectivity index (χ2n) is 7.67. The maximum Gasteiger partial charge on any atom is 0.259 e. The third-order valence-electron chi connectivity index (χ3n) is 5.22. The van der Waals surface area contributed by atoms with E-state index in [0.29, 0.717) is 17.9 Å². The normalized spacial score (nSPS) is 12.6. The number of fused-ring (bicyclic) bond motifs is 1. The van der Waals surface area contributed by atoms with E-state index in [1.807, 2.05) is 30.8 Å². The summed E-state index contributed by atoms with van der Waals surface area (Å²) in [6.45, 7) is 11.0. The highest BCUT2D eigenvalue weighted by molar-refractivity contribution is 5.85. The number of hydrogen-bond donors (Lipinski definition) is 1. The molecule has 1 N–H and O–H groups in total. The number of rotatable bonds is 4. The van der Waals surface area contributed by atoms with Gasteiger partial charge in [-0.15, -0.1) is 0 Å². The second kappa shape index (κ2) is 6.78. The maximum absolute atomic E-state index is 12.8. The van der Waals surface area contributed by atoms with Crippen LogP contribution in [0.15, 0.2) is 41.5 Å². The second-order valence-corrected chi connectivity index (χ2v) is 7.67. The molecule has 6 heteroatoms. The summed E-state index contributed by atoms with van der Waals surface area (Å²) in [6, 6.07) is 8.29. The molecule has 4 aromatic rings. The Morgan fingerprint density at radius 2 is 1.89 bits per heavy atom. The summed E-state index contributed by atoms with van der Waals surface area (Å²) in [5, 5.41) is 5.58. The van der Waals surface area contributed by atoms with Crippen LogP contribution in [-0.4, -0.2) is 24.3 Å². The SMILES string of the molecule is Cc1cc(C)c2[nH]c(=O)c(-c3nccn3C(C)Cn3nc(C)cc3C)cc2c1. The monoisotopic (exact) mass is 375 g/mol. The Kier molecular flexibility index (Phi) is 4.41. The molecule has 3 heterocycles. The van der Waals surface area contributed by atoms with Crippen LogP contribution in [0.2, 0.25) is 0 Å². The summed E-state index contributed by atoms with van der Waals surface area (Å²) < 4.78 is 4.05. The van der Waals surface area contributed by atoms with Crippen LogP contribution in [-0.2, 0) is 6.54 Å². The molecule has 0 spiro atoms. The van der Waals surface area contributed by atoms with Crippen LogP contribution in [0, 0.1) is 27.7 Å². The molecule has 0 aliphatic carbocycles. The van der Waals surface area contributed by atoms with Crippen molar-refractivity contribution in [2.75, 3.05) is 0 Å². The van der Waals surface area contributed by atoms with Gasteiger partial charge in [0.2, 0.25) is 0 Å². The number of hydrogen-bond acceptors (Lipinski definition) is 3. The van der Waals surface area contributed by atoms with Gasteiger partial charge in [0, 0.05) is 18.1 Å². The number of pyridine rings is 1. The molecule has 0 radical (unpaired) electrons. The molecule has 0 aliphatic rings. The highest BCUT2D eigenvalue weighted by Crippen LogP contribution is 2.24. The van der Waals surface area contributed by atoms with Crippen LogP contribution in [0.25, 0.3) is 22.3 Å². The van der Waals surface area contributed by atoms with Crippen molar-refractivity contribution >= 4 is 10.9 Å². The quantitative estimate of drug-likeness (QED) is 0.584. The Bertz CT molecular complexity index is 1230. The van der Waals surface area contributed by atoms with E-state index in [1.165, 1.54) is 5.56 Å². The average molecular weight is 375 g/mol. The smallest absolute Gasteiger partial charge is 0.259 e. The van der Waals surface area contributed by atoms with E-state index in [0.717, 1.165) is 27.9 Å². The Hall–Kier alpha value is -3.15. The van der Waals surface area contributed by atoms with Crippen molar-refractivity contribution in [3.8, 4) is 11.4 Å². The molecule has 0 bridgehead atoms. The largest absolute Gasteiger partial charge is 0.326 e.